The van der Waals surface area contributed by atoms with Crippen LogP contribution >= 0.6 is 38.9 Å². The number of halogens is 2. The molecule has 0 fully saturated rings. The number of rotatable bonds is 2. The summed E-state index contributed by atoms with van der Waals surface area (Å²) in [5.74, 6) is 0.720. The average Bonchev–Trinajstić information content (AvgIpc) is 2.68. The Kier molecular flexibility index (Phi) is 3.62. The van der Waals surface area contributed by atoms with E-state index >= 15 is 0 Å². The predicted molar refractivity (Wildman–Crippen MR) is 72.2 cm³/mol. The van der Waals surface area contributed by atoms with Crippen molar-refractivity contribution >= 4 is 38.9 Å². The first-order valence-electron chi connectivity index (χ1n) is 4.89. The van der Waals surface area contributed by atoms with Crippen molar-refractivity contribution in [3.8, 4) is 10.7 Å². The van der Waals surface area contributed by atoms with Gasteiger partial charge in [0.1, 0.15) is 5.15 Å². The van der Waals surface area contributed by atoms with Gasteiger partial charge < -0.3 is 0 Å². The van der Waals surface area contributed by atoms with Crippen LogP contribution in [0.5, 0.6) is 0 Å². The van der Waals surface area contributed by atoms with Gasteiger partial charge in [-0.05, 0) is 46.3 Å². The maximum Gasteiger partial charge on any atom is 0.171 e. The molecule has 2 rings (SSSR count). The molecule has 0 bridgehead atoms. The first kappa shape index (κ1) is 12.0. The van der Waals surface area contributed by atoms with Crippen molar-refractivity contribution in [2.24, 2.45) is 0 Å². The van der Waals surface area contributed by atoms with Gasteiger partial charge in [0.2, 0.25) is 0 Å². The third kappa shape index (κ3) is 2.14. The standard InChI is InChI=1S/C11H10BrClN2S/c1-3-7-8(12)10(13)15-11(14-7)9-6(2)4-5-16-9/h4-5H,3H2,1-2H3. The molecule has 2 aromatic rings. The van der Waals surface area contributed by atoms with Gasteiger partial charge >= 0.3 is 0 Å². The molecule has 0 aliphatic heterocycles. The van der Waals surface area contributed by atoms with Crippen LogP contribution in [0, 0.1) is 6.92 Å². The average molecular weight is 318 g/mol. The van der Waals surface area contributed by atoms with E-state index in [2.05, 4.69) is 45.8 Å². The van der Waals surface area contributed by atoms with Gasteiger partial charge in [0.25, 0.3) is 0 Å². The second-order valence-electron chi connectivity index (χ2n) is 3.38. The van der Waals surface area contributed by atoms with E-state index in [-0.39, 0.29) is 0 Å². The first-order valence-corrected chi connectivity index (χ1v) is 6.95. The van der Waals surface area contributed by atoms with Crippen molar-refractivity contribution in [3.05, 3.63) is 32.3 Å². The molecule has 2 heterocycles. The summed E-state index contributed by atoms with van der Waals surface area (Å²) >= 11 is 11.1. The summed E-state index contributed by atoms with van der Waals surface area (Å²) in [6.45, 7) is 4.10. The van der Waals surface area contributed by atoms with Crippen LogP contribution in [0.1, 0.15) is 18.2 Å². The second kappa shape index (κ2) is 4.82. The van der Waals surface area contributed by atoms with Crippen molar-refractivity contribution in [1.29, 1.82) is 0 Å². The first-order chi connectivity index (χ1) is 7.63. The fraction of sp³-hybridized carbons (Fsp3) is 0.273. The zero-order valence-electron chi connectivity index (χ0n) is 8.92. The number of nitrogens with zero attached hydrogens (tertiary/aromatic N) is 2. The van der Waals surface area contributed by atoms with Crippen LogP contribution < -0.4 is 0 Å². The molecule has 16 heavy (non-hydrogen) atoms. The third-order valence-corrected chi connectivity index (χ3v) is 4.63. The molecule has 0 unspecified atom stereocenters. The van der Waals surface area contributed by atoms with Gasteiger partial charge in [-0.25, -0.2) is 9.97 Å². The van der Waals surface area contributed by atoms with Gasteiger partial charge in [0.15, 0.2) is 5.82 Å². The highest BCUT2D eigenvalue weighted by molar-refractivity contribution is 9.10. The van der Waals surface area contributed by atoms with Crippen LogP contribution in [-0.2, 0) is 6.42 Å². The summed E-state index contributed by atoms with van der Waals surface area (Å²) in [7, 11) is 0. The Hall–Kier alpha value is -0.450. The van der Waals surface area contributed by atoms with E-state index in [1.807, 2.05) is 5.38 Å². The lowest BCUT2D eigenvalue weighted by Gasteiger charge is -2.05. The summed E-state index contributed by atoms with van der Waals surface area (Å²) in [5.41, 5.74) is 2.13. The SMILES string of the molecule is CCc1nc(-c2sccc2C)nc(Cl)c1Br. The zero-order chi connectivity index (χ0) is 11.7. The molecule has 0 aliphatic rings. The van der Waals surface area contributed by atoms with Crippen LogP contribution in [0.3, 0.4) is 0 Å². The lowest BCUT2D eigenvalue weighted by Crippen LogP contribution is -1.97. The monoisotopic (exact) mass is 316 g/mol. The minimum Gasteiger partial charge on any atom is -0.231 e. The smallest absolute Gasteiger partial charge is 0.171 e. The van der Waals surface area contributed by atoms with Crippen molar-refractivity contribution < 1.29 is 0 Å². The van der Waals surface area contributed by atoms with E-state index in [0.717, 1.165) is 27.3 Å². The van der Waals surface area contributed by atoms with E-state index in [4.69, 9.17) is 11.6 Å². The molecule has 0 radical (unpaired) electrons. The Morgan fingerprint density at radius 3 is 2.75 bits per heavy atom. The Morgan fingerprint density at radius 2 is 2.19 bits per heavy atom. The molecular weight excluding hydrogens is 308 g/mol. The highest BCUT2D eigenvalue weighted by atomic mass is 79.9. The number of thiophene rings is 1. The number of hydrogen-bond donors (Lipinski definition) is 0. The normalized spacial score (nSPS) is 10.8. The van der Waals surface area contributed by atoms with Crippen LogP contribution in [0.4, 0.5) is 0 Å². The van der Waals surface area contributed by atoms with E-state index in [1.165, 1.54) is 5.56 Å². The summed E-state index contributed by atoms with van der Waals surface area (Å²) in [6.07, 6.45) is 0.834. The van der Waals surface area contributed by atoms with Crippen molar-refractivity contribution in [2.75, 3.05) is 0 Å². The van der Waals surface area contributed by atoms with Gasteiger partial charge in [0, 0.05) is 0 Å². The molecule has 84 valence electrons. The van der Waals surface area contributed by atoms with Gasteiger partial charge in [-0.15, -0.1) is 11.3 Å². The molecule has 0 atom stereocenters. The molecule has 2 nitrogen and oxygen atoms in total. The molecule has 0 aliphatic carbocycles. The maximum absolute atomic E-state index is 6.07. The Morgan fingerprint density at radius 1 is 1.44 bits per heavy atom. The Bertz CT molecular complexity index is 525. The molecule has 2 aromatic heterocycles. The summed E-state index contributed by atoms with van der Waals surface area (Å²) in [4.78, 5) is 9.91. The lowest BCUT2D eigenvalue weighted by atomic mass is 10.2. The minimum absolute atomic E-state index is 0.481. The highest BCUT2D eigenvalue weighted by Crippen LogP contribution is 2.31. The van der Waals surface area contributed by atoms with Crippen molar-refractivity contribution in [1.82, 2.24) is 9.97 Å². The summed E-state index contributed by atoms with van der Waals surface area (Å²) < 4.78 is 0.801. The van der Waals surface area contributed by atoms with E-state index in [0.29, 0.717) is 5.15 Å². The molecule has 0 spiro atoms. The number of aromatic nitrogens is 2. The molecular formula is C11H10BrClN2S. The van der Waals surface area contributed by atoms with E-state index < -0.39 is 0 Å². The summed E-state index contributed by atoms with van der Waals surface area (Å²) in [6, 6.07) is 2.06. The van der Waals surface area contributed by atoms with Gasteiger partial charge in [-0.2, -0.15) is 0 Å². The molecule has 0 aromatic carbocycles. The number of hydrogen-bond acceptors (Lipinski definition) is 3. The second-order valence-corrected chi connectivity index (χ2v) is 5.45. The van der Waals surface area contributed by atoms with Gasteiger partial charge in [-0.1, -0.05) is 18.5 Å². The van der Waals surface area contributed by atoms with Crippen molar-refractivity contribution in [3.63, 3.8) is 0 Å². The molecule has 0 amide bonds. The molecule has 5 heteroatoms. The van der Waals surface area contributed by atoms with Gasteiger partial charge in [0.05, 0.1) is 15.0 Å². The van der Waals surface area contributed by atoms with E-state index in [1.54, 1.807) is 11.3 Å². The van der Waals surface area contributed by atoms with Crippen LogP contribution in [-0.4, -0.2) is 9.97 Å². The number of aryl methyl sites for hydroxylation is 2. The molecule has 0 N–H and O–H groups in total. The van der Waals surface area contributed by atoms with E-state index in [9.17, 15) is 0 Å². The molecule has 0 saturated heterocycles. The Labute approximate surface area is 112 Å². The van der Waals surface area contributed by atoms with Gasteiger partial charge in [-0.3, -0.25) is 0 Å². The Balaban J connectivity index is 2.59. The fourth-order valence-corrected chi connectivity index (χ4v) is 2.91. The quantitative estimate of drug-likeness (QED) is 0.763. The third-order valence-electron chi connectivity index (χ3n) is 2.28. The predicted octanol–water partition coefficient (Wildman–Crippen LogP) is 4.49. The largest absolute Gasteiger partial charge is 0.231 e. The topological polar surface area (TPSA) is 25.8 Å². The zero-order valence-corrected chi connectivity index (χ0v) is 12.1. The summed E-state index contributed by atoms with van der Waals surface area (Å²) in [5, 5.41) is 2.52. The van der Waals surface area contributed by atoms with Crippen LogP contribution in [0.2, 0.25) is 5.15 Å². The van der Waals surface area contributed by atoms with Crippen LogP contribution in [0.25, 0.3) is 10.7 Å². The van der Waals surface area contributed by atoms with Crippen molar-refractivity contribution in [2.45, 2.75) is 20.3 Å². The van der Waals surface area contributed by atoms with Crippen LogP contribution in [0.15, 0.2) is 15.9 Å². The minimum atomic E-state index is 0.481. The maximum atomic E-state index is 6.07. The molecule has 0 saturated carbocycles. The fourth-order valence-electron chi connectivity index (χ4n) is 1.40. The lowest BCUT2D eigenvalue weighted by molar-refractivity contribution is 0.992. The highest BCUT2D eigenvalue weighted by Gasteiger charge is 2.13.